The predicted molar refractivity (Wildman–Crippen MR) is 88.6 cm³/mol. The van der Waals surface area contributed by atoms with Crippen LogP contribution in [0.1, 0.15) is 0 Å². The molecule has 1 aromatic heterocycles. The summed E-state index contributed by atoms with van der Waals surface area (Å²) in [5.74, 6) is 5.90. The van der Waals surface area contributed by atoms with Crippen LogP contribution in [0.25, 0.3) is 22.0 Å². The van der Waals surface area contributed by atoms with Crippen LogP contribution in [0.2, 0.25) is 0 Å². The van der Waals surface area contributed by atoms with Gasteiger partial charge in [0, 0.05) is 10.9 Å². The van der Waals surface area contributed by atoms with Crippen molar-refractivity contribution in [2.45, 2.75) is 4.90 Å². The predicted octanol–water partition coefficient (Wildman–Crippen LogP) is 0.812. The first-order valence-corrected chi connectivity index (χ1v) is 8.11. The van der Waals surface area contributed by atoms with Gasteiger partial charge in [0.1, 0.15) is 0 Å². The van der Waals surface area contributed by atoms with Crippen molar-refractivity contribution in [3.05, 3.63) is 42.5 Å². The number of hydrogen-bond donors (Lipinski definition) is 4. The molecule has 0 amide bonds. The van der Waals surface area contributed by atoms with E-state index < -0.39 is 10.0 Å². The summed E-state index contributed by atoms with van der Waals surface area (Å²) >= 11 is 0. The van der Waals surface area contributed by atoms with E-state index in [4.69, 9.17) is 16.7 Å². The van der Waals surface area contributed by atoms with Gasteiger partial charge in [0.05, 0.1) is 10.4 Å². The monoisotopic (exact) mass is 330 g/mol. The summed E-state index contributed by atoms with van der Waals surface area (Å²) < 4.78 is 23.5. The molecule has 23 heavy (non-hydrogen) atoms. The molecule has 8 nitrogen and oxygen atoms in total. The molecule has 9 heteroatoms. The molecule has 0 spiro atoms. The van der Waals surface area contributed by atoms with Crippen LogP contribution in [0, 0.1) is 0 Å². The lowest BCUT2D eigenvalue weighted by Gasteiger charge is -2.10. The summed E-state index contributed by atoms with van der Waals surface area (Å²) in [4.78, 5) is 8.17. The summed E-state index contributed by atoms with van der Waals surface area (Å²) in [6.07, 6.45) is 0. The number of sulfonamides is 1. The fourth-order valence-corrected chi connectivity index (χ4v) is 3.14. The first-order chi connectivity index (χ1) is 10.9. The van der Waals surface area contributed by atoms with E-state index in [0.717, 1.165) is 0 Å². The largest absolute Gasteiger partial charge is 0.368 e. The van der Waals surface area contributed by atoms with Gasteiger partial charge in [-0.2, -0.15) is 4.98 Å². The van der Waals surface area contributed by atoms with Crippen LogP contribution in [0.3, 0.4) is 0 Å². The van der Waals surface area contributed by atoms with Crippen LogP contribution in [-0.2, 0) is 10.0 Å². The Morgan fingerprint density at radius 2 is 1.78 bits per heavy atom. The molecular weight excluding hydrogens is 316 g/mol. The molecule has 0 aliphatic heterocycles. The zero-order valence-electron chi connectivity index (χ0n) is 11.9. The van der Waals surface area contributed by atoms with E-state index in [9.17, 15) is 8.42 Å². The van der Waals surface area contributed by atoms with Gasteiger partial charge in [-0.05, 0) is 23.8 Å². The number of anilines is 2. The Morgan fingerprint density at radius 1 is 1.04 bits per heavy atom. The molecular formula is C14H14N6O2S. The summed E-state index contributed by atoms with van der Waals surface area (Å²) in [5.41, 5.74) is 9.79. The van der Waals surface area contributed by atoms with E-state index in [1.165, 1.54) is 6.07 Å². The molecule has 7 N–H and O–H groups in total. The number of hydrogen-bond acceptors (Lipinski definition) is 7. The van der Waals surface area contributed by atoms with Gasteiger partial charge < -0.3 is 11.2 Å². The molecule has 0 saturated heterocycles. The Labute approximate surface area is 132 Å². The Morgan fingerprint density at radius 3 is 2.48 bits per heavy atom. The van der Waals surface area contributed by atoms with Crippen molar-refractivity contribution < 1.29 is 8.42 Å². The number of nitrogen functional groups attached to an aromatic ring is 2. The second kappa shape index (κ2) is 5.47. The highest BCUT2D eigenvalue weighted by Gasteiger charge is 2.15. The van der Waals surface area contributed by atoms with Crippen LogP contribution in [-0.4, -0.2) is 18.4 Å². The lowest BCUT2D eigenvalue weighted by Crippen LogP contribution is -2.13. The molecule has 2 aromatic carbocycles. The SMILES string of the molecule is NNc1nc(N)nc2ccc(-c3ccccc3S(N)(=O)=O)cc12. The highest BCUT2D eigenvalue weighted by Crippen LogP contribution is 2.31. The number of aromatic nitrogens is 2. The third-order valence-electron chi connectivity index (χ3n) is 3.35. The van der Waals surface area contributed by atoms with Gasteiger partial charge in [-0.1, -0.05) is 24.3 Å². The molecule has 0 radical (unpaired) electrons. The standard InChI is InChI=1S/C14H14N6O2S/c15-14-18-11-6-5-8(7-10(11)13(19-14)20-16)9-3-1-2-4-12(9)23(17,21)22/h1-7H,16H2,(H2,17,21,22)(H3,15,18,19,20). The molecule has 0 saturated carbocycles. The quantitative estimate of drug-likeness (QED) is 0.410. The van der Waals surface area contributed by atoms with Crippen molar-refractivity contribution in [1.82, 2.24) is 9.97 Å². The van der Waals surface area contributed by atoms with Gasteiger partial charge in [-0.15, -0.1) is 0 Å². The zero-order chi connectivity index (χ0) is 16.6. The third-order valence-corrected chi connectivity index (χ3v) is 4.32. The minimum Gasteiger partial charge on any atom is -0.368 e. The van der Waals surface area contributed by atoms with Gasteiger partial charge in [-0.25, -0.2) is 24.4 Å². The molecule has 118 valence electrons. The van der Waals surface area contributed by atoms with Gasteiger partial charge in [0.25, 0.3) is 0 Å². The summed E-state index contributed by atoms with van der Waals surface area (Å²) in [5, 5.41) is 5.90. The number of rotatable bonds is 3. The number of nitrogens with two attached hydrogens (primary N) is 3. The maximum Gasteiger partial charge on any atom is 0.238 e. The number of nitrogens with one attached hydrogen (secondary N) is 1. The fraction of sp³-hybridized carbons (Fsp3) is 0. The summed E-state index contributed by atoms with van der Waals surface area (Å²) in [6, 6.07) is 11.7. The van der Waals surface area contributed by atoms with E-state index in [-0.39, 0.29) is 10.8 Å². The molecule has 3 rings (SSSR count). The molecule has 0 atom stereocenters. The fourth-order valence-electron chi connectivity index (χ4n) is 2.38. The van der Waals surface area contributed by atoms with Gasteiger partial charge in [0.2, 0.25) is 16.0 Å². The second-order valence-electron chi connectivity index (χ2n) is 4.85. The van der Waals surface area contributed by atoms with Gasteiger partial charge >= 0.3 is 0 Å². The van der Waals surface area contributed by atoms with E-state index >= 15 is 0 Å². The number of fused-ring (bicyclic) bond motifs is 1. The first kappa shape index (κ1) is 15.2. The Bertz CT molecular complexity index is 1000. The van der Waals surface area contributed by atoms with Crippen molar-refractivity contribution in [2.24, 2.45) is 11.0 Å². The van der Waals surface area contributed by atoms with Gasteiger partial charge in [0.15, 0.2) is 5.82 Å². The van der Waals surface area contributed by atoms with Crippen molar-refractivity contribution in [3.63, 3.8) is 0 Å². The van der Waals surface area contributed by atoms with Crippen LogP contribution in [0.4, 0.5) is 11.8 Å². The Kier molecular flexibility index (Phi) is 3.60. The Balaban J connectivity index is 2.29. The normalized spacial score (nSPS) is 11.6. The maximum atomic E-state index is 11.8. The molecule has 0 aliphatic carbocycles. The molecule has 0 fully saturated rings. The van der Waals surface area contributed by atoms with E-state index in [1.807, 2.05) is 0 Å². The second-order valence-corrected chi connectivity index (χ2v) is 6.38. The van der Waals surface area contributed by atoms with Crippen LogP contribution >= 0.6 is 0 Å². The molecule has 0 aliphatic rings. The molecule has 1 heterocycles. The number of nitrogens with zero attached hydrogens (tertiary/aromatic N) is 2. The summed E-state index contributed by atoms with van der Waals surface area (Å²) in [6.45, 7) is 0. The average Bonchev–Trinajstić information content (AvgIpc) is 2.52. The average molecular weight is 330 g/mol. The molecule has 3 aromatic rings. The minimum absolute atomic E-state index is 0.0398. The first-order valence-electron chi connectivity index (χ1n) is 6.56. The number of primary sulfonamides is 1. The highest BCUT2D eigenvalue weighted by molar-refractivity contribution is 7.89. The van der Waals surface area contributed by atoms with Crippen LogP contribution in [0.15, 0.2) is 47.4 Å². The lowest BCUT2D eigenvalue weighted by atomic mass is 10.0. The van der Waals surface area contributed by atoms with Crippen LogP contribution < -0.4 is 22.1 Å². The minimum atomic E-state index is -3.85. The third kappa shape index (κ3) is 2.80. The topological polar surface area (TPSA) is 150 Å². The van der Waals surface area contributed by atoms with Gasteiger partial charge in [-0.3, -0.25) is 0 Å². The maximum absolute atomic E-state index is 11.8. The number of hydrazine groups is 1. The van der Waals surface area contributed by atoms with Crippen LogP contribution in [0.5, 0.6) is 0 Å². The zero-order valence-corrected chi connectivity index (χ0v) is 12.7. The smallest absolute Gasteiger partial charge is 0.238 e. The highest BCUT2D eigenvalue weighted by atomic mass is 32.2. The van der Waals surface area contributed by atoms with Crippen molar-refractivity contribution in [3.8, 4) is 11.1 Å². The van der Waals surface area contributed by atoms with Crippen molar-refractivity contribution in [2.75, 3.05) is 11.2 Å². The molecule has 0 bridgehead atoms. The van der Waals surface area contributed by atoms with E-state index in [2.05, 4.69) is 15.4 Å². The molecule has 0 unspecified atom stereocenters. The van der Waals surface area contributed by atoms with E-state index in [1.54, 1.807) is 36.4 Å². The van der Waals surface area contributed by atoms with E-state index in [0.29, 0.717) is 27.8 Å². The Hall–Kier alpha value is -2.75. The lowest BCUT2D eigenvalue weighted by molar-refractivity contribution is 0.598. The van der Waals surface area contributed by atoms with Crippen molar-refractivity contribution >= 4 is 32.7 Å². The number of benzene rings is 2. The van der Waals surface area contributed by atoms with Crippen molar-refractivity contribution in [1.29, 1.82) is 0 Å². The summed E-state index contributed by atoms with van der Waals surface area (Å²) in [7, 11) is -3.85.